The van der Waals surface area contributed by atoms with Gasteiger partial charge in [0.25, 0.3) is 5.91 Å². The lowest BCUT2D eigenvalue weighted by Crippen LogP contribution is -2.23. The monoisotopic (exact) mass is 385 g/mol. The highest BCUT2D eigenvalue weighted by molar-refractivity contribution is 7.13. The molecule has 7 nitrogen and oxygen atoms in total. The SMILES string of the molecule is COc1ccc(CNC(=O)CCc2csc(NC(=O)c3ccco3)n2)cc1. The molecule has 2 N–H and O–H groups in total. The van der Waals surface area contributed by atoms with Crippen LogP contribution in [0.25, 0.3) is 0 Å². The summed E-state index contributed by atoms with van der Waals surface area (Å²) in [7, 11) is 1.61. The van der Waals surface area contributed by atoms with Crippen molar-refractivity contribution >= 4 is 28.3 Å². The van der Waals surface area contributed by atoms with Crippen LogP contribution in [0.3, 0.4) is 0 Å². The summed E-state index contributed by atoms with van der Waals surface area (Å²) in [6.07, 6.45) is 2.26. The van der Waals surface area contributed by atoms with Crippen LogP contribution >= 0.6 is 11.3 Å². The lowest BCUT2D eigenvalue weighted by Gasteiger charge is -2.06. The lowest BCUT2D eigenvalue weighted by molar-refractivity contribution is -0.121. The molecule has 3 rings (SSSR count). The second-order valence-electron chi connectivity index (χ2n) is 5.70. The van der Waals surface area contributed by atoms with E-state index in [-0.39, 0.29) is 17.6 Å². The van der Waals surface area contributed by atoms with Crippen molar-refractivity contribution < 1.29 is 18.7 Å². The van der Waals surface area contributed by atoms with Crippen LogP contribution in [0.4, 0.5) is 5.13 Å². The largest absolute Gasteiger partial charge is 0.497 e. The molecule has 1 aromatic carbocycles. The second-order valence-corrected chi connectivity index (χ2v) is 6.56. The molecule has 27 heavy (non-hydrogen) atoms. The Morgan fingerprint density at radius 1 is 1.22 bits per heavy atom. The smallest absolute Gasteiger partial charge is 0.293 e. The zero-order valence-corrected chi connectivity index (χ0v) is 15.5. The van der Waals surface area contributed by atoms with Crippen molar-refractivity contribution in [2.45, 2.75) is 19.4 Å². The van der Waals surface area contributed by atoms with E-state index in [1.807, 2.05) is 29.6 Å². The number of ether oxygens (including phenoxy) is 1. The standard InChI is InChI=1S/C19H19N3O4S/c1-25-15-7-4-13(5-8-15)11-20-17(23)9-6-14-12-27-19(21-14)22-18(24)16-3-2-10-26-16/h2-5,7-8,10,12H,6,9,11H2,1H3,(H,20,23)(H,21,22,24). The molecule has 0 radical (unpaired) electrons. The van der Waals surface area contributed by atoms with E-state index in [1.54, 1.807) is 19.2 Å². The van der Waals surface area contributed by atoms with Crippen molar-refractivity contribution in [1.29, 1.82) is 0 Å². The number of nitrogens with one attached hydrogen (secondary N) is 2. The molecule has 2 heterocycles. The van der Waals surface area contributed by atoms with Gasteiger partial charge in [-0.1, -0.05) is 12.1 Å². The molecule has 0 aliphatic rings. The first-order chi connectivity index (χ1) is 13.1. The Hall–Kier alpha value is -3.13. The van der Waals surface area contributed by atoms with Crippen LogP contribution in [0, 0.1) is 0 Å². The molecule has 0 bridgehead atoms. The van der Waals surface area contributed by atoms with Crippen molar-refractivity contribution in [2.75, 3.05) is 12.4 Å². The Morgan fingerprint density at radius 2 is 2.04 bits per heavy atom. The van der Waals surface area contributed by atoms with Gasteiger partial charge in [-0.3, -0.25) is 14.9 Å². The molecule has 0 aliphatic heterocycles. The minimum absolute atomic E-state index is 0.0556. The zero-order valence-electron chi connectivity index (χ0n) is 14.7. The summed E-state index contributed by atoms with van der Waals surface area (Å²) in [4.78, 5) is 28.2. The van der Waals surface area contributed by atoms with Gasteiger partial charge in [-0.05, 0) is 36.2 Å². The molecule has 0 fully saturated rings. The number of amides is 2. The highest BCUT2D eigenvalue weighted by Crippen LogP contribution is 2.18. The lowest BCUT2D eigenvalue weighted by atomic mass is 10.2. The Kier molecular flexibility index (Phi) is 6.22. The highest BCUT2D eigenvalue weighted by Gasteiger charge is 2.12. The average molecular weight is 385 g/mol. The molecular formula is C19H19N3O4S. The third kappa shape index (κ3) is 5.42. The molecule has 0 spiro atoms. The number of hydrogen-bond acceptors (Lipinski definition) is 6. The first-order valence-corrected chi connectivity index (χ1v) is 9.21. The summed E-state index contributed by atoms with van der Waals surface area (Å²) in [5.74, 6) is 0.603. The fourth-order valence-corrected chi connectivity index (χ4v) is 3.06. The summed E-state index contributed by atoms with van der Waals surface area (Å²) in [6, 6.07) is 10.8. The number of carbonyl (C=O) groups is 2. The van der Waals surface area contributed by atoms with Gasteiger partial charge in [-0.25, -0.2) is 4.98 Å². The molecule has 0 aliphatic carbocycles. The minimum atomic E-state index is -0.349. The Bertz CT molecular complexity index is 888. The molecule has 3 aromatic rings. The van der Waals surface area contributed by atoms with E-state index in [2.05, 4.69) is 15.6 Å². The van der Waals surface area contributed by atoms with Gasteiger partial charge >= 0.3 is 0 Å². The van der Waals surface area contributed by atoms with Gasteiger partial charge in [-0.2, -0.15) is 0 Å². The molecule has 140 valence electrons. The summed E-state index contributed by atoms with van der Waals surface area (Å²) < 4.78 is 10.1. The number of aromatic nitrogens is 1. The van der Waals surface area contributed by atoms with Gasteiger partial charge < -0.3 is 14.5 Å². The maximum absolute atomic E-state index is 12.0. The van der Waals surface area contributed by atoms with E-state index in [1.165, 1.54) is 17.6 Å². The van der Waals surface area contributed by atoms with Gasteiger partial charge in [0.2, 0.25) is 5.91 Å². The number of carbonyl (C=O) groups excluding carboxylic acids is 2. The predicted octanol–water partition coefficient (Wildman–Crippen LogP) is 3.25. The van der Waals surface area contributed by atoms with Crippen molar-refractivity contribution in [2.24, 2.45) is 0 Å². The number of hydrogen-bond donors (Lipinski definition) is 2. The summed E-state index contributed by atoms with van der Waals surface area (Å²) in [5, 5.41) is 7.86. The second kappa shape index (κ2) is 9.00. The average Bonchev–Trinajstić information content (AvgIpc) is 3.37. The van der Waals surface area contributed by atoms with Crippen molar-refractivity contribution in [3.63, 3.8) is 0 Å². The van der Waals surface area contributed by atoms with E-state index in [0.717, 1.165) is 17.0 Å². The van der Waals surface area contributed by atoms with E-state index in [4.69, 9.17) is 9.15 Å². The van der Waals surface area contributed by atoms with E-state index in [0.29, 0.717) is 24.5 Å². The van der Waals surface area contributed by atoms with Gasteiger partial charge in [0.1, 0.15) is 5.75 Å². The number of thiazole rings is 1. The number of nitrogens with zero attached hydrogens (tertiary/aromatic N) is 1. The molecule has 0 saturated heterocycles. The van der Waals surface area contributed by atoms with Crippen LogP contribution in [0.5, 0.6) is 5.75 Å². The van der Waals surface area contributed by atoms with Crippen LogP contribution in [-0.4, -0.2) is 23.9 Å². The first kappa shape index (κ1) is 18.7. The fraction of sp³-hybridized carbons (Fsp3) is 0.211. The van der Waals surface area contributed by atoms with Gasteiger partial charge in [0, 0.05) is 18.3 Å². The fourth-order valence-electron chi connectivity index (χ4n) is 2.32. The molecule has 2 aromatic heterocycles. The van der Waals surface area contributed by atoms with Crippen molar-refractivity contribution in [3.05, 3.63) is 65.1 Å². The van der Waals surface area contributed by atoms with E-state index in [9.17, 15) is 9.59 Å². The summed E-state index contributed by atoms with van der Waals surface area (Å²) in [5.41, 5.74) is 1.76. The van der Waals surface area contributed by atoms with Crippen LogP contribution in [0.1, 0.15) is 28.2 Å². The maximum atomic E-state index is 12.0. The number of anilines is 1. The maximum Gasteiger partial charge on any atom is 0.293 e. The number of rotatable bonds is 8. The molecular weight excluding hydrogens is 366 g/mol. The van der Waals surface area contributed by atoms with Crippen LogP contribution < -0.4 is 15.4 Å². The summed E-state index contributed by atoms with van der Waals surface area (Å²) >= 11 is 1.31. The molecule has 8 heteroatoms. The molecule has 0 saturated carbocycles. The van der Waals surface area contributed by atoms with Crippen LogP contribution in [0.2, 0.25) is 0 Å². The number of aryl methyl sites for hydroxylation is 1. The Morgan fingerprint density at radius 3 is 2.74 bits per heavy atom. The minimum Gasteiger partial charge on any atom is -0.497 e. The van der Waals surface area contributed by atoms with Crippen molar-refractivity contribution in [3.8, 4) is 5.75 Å². The Balaban J connectivity index is 1.42. The zero-order chi connectivity index (χ0) is 19.1. The molecule has 2 amide bonds. The Labute approximate surface area is 160 Å². The topological polar surface area (TPSA) is 93.5 Å². The third-order valence-corrected chi connectivity index (χ3v) is 4.58. The van der Waals surface area contributed by atoms with Crippen LogP contribution in [-0.2, 0) is 17.8 Å². The number of benzene rings is 1. The number of furan rings is 1. The quantitative estimate of drug-likeness (QED) is 0.621. The molecule has 0 atom stereocenters. The highest BCUT2D eigenvalue weighted by atomic mass is 32.1. The number of methoxy groups -OCH3 is 1. The van der Waals surface area contributed by atoms with Gasteiger partial charge in [-0.15, -0.1) is 11.3 Å². The van der Waals surface area contributed by atoms with E-state index < -0.39 is 0 Å². The van der Waals surface area contributed by atoms with E-state index >= 15 is 0 Å². The van der Waals surface area contributed by atoms with Crippen LogP contribution in [0.15, 0.2) is 52.5 Å². The van der Waals surface area contributed by atoms with Crippen molar-refractivity contribution in [1.82, 2.24) is 10.3 Å². The third-order valence-electron chi connectivity index (χ3n) is 3.77. The predicted molar refractivity (Wildman–Crippen MR) is 102 cm³/mol. The van der Waals surface area contributed by atoms with Gasteiger partial charge in [0.05, 0.1) is 19.1 Å². The summed E-state index contributed by atoms with van der Waals surface area (Å²) in [6.45, 7) is 0.463. The normalized spacial score (nSPS) is 10.4. The first-order valence-electron chi connectivity index (χ1n) is 8.33. The van der Waals surface area contributed by atoms with Gasteiger partial charge in [0.15, 0.2) is 10.9 Å². The molecule has 0 unspecified atom stereocenters.